The number of urea groups is 1. The van der Waals surface area contributed by atoms with Crippen molar-refractivity contribution in [2.75, 3.05) is 33.2 Å². The molecule has 25 heavy (non-hydrogen) atoms. The second-order valence-electron chi connectivity index (χ2n) is 6.53. The van der Waals surface area contributed by atoms with Crippen molar-refractivity contribution in [3.05, 3.63) is 22.4 Å². The third kappa shape index (κ3) is 4.86. The van der Waals surface area contributed by atoms with Gasteiger partial charge in [0.15, 0.2) is 0 Å². The summed E-state index contributed by atoms with van der Waals surface area (Å²) in [4.78, 5) is 29.7. The first-order chi connectivity index (χ1) is 11.7. The van der Waals surface area contributed by atoms with Crippen molar-refractivity contribution in [3.8, 4) is 0 Å². The lowest BCUT2D eigenvalue weighted by Crippen LogP contribution is -2.58. The van der Waals surface area contributed by atoms with Gasteiger partial charge in [0.1, 0.15) is 0 Å². The normalized spacial score (nSPS) is 23.0. The summed E-state index contributed by atoms with van der Waals surface area (Å²) in [5.41, 5.74) is 0. The van der Waals surface area contributed by atoms with Crippen molar-refractivity contribution < 1.29 is 9.59 Å². The van der Waals surface area contributed by atoms with E-state index >= 15 is 0 Å². The molecule has 2 aliphatic rings. The summed E-state index contributed by atoms with van der Waals surface area (Å²) in [6.45, 7) is 3.65. The fraction of sp³-hybridized carbons (Fsp3) is 0.647. The molecule has 3 heterocycles. The van der Waals surface area contributed by atoms with Crippen molar-refractivity contribution in [1.29, 1.82) is 0 Å². The Hall–Kier alpha value is -1.31. The number of thiophene rings is 1. The first-order valence-corrected chi connectivity index (χ1v) is 9.56. The van der Waals surface area contributed by atoms with Gasteiger partial charge in [0.25, 0.3) is 0 Å². The fourth-order valence-corrected chi connectivity index (χ4v) is 4.39. The predicted octanol–water partition coefficient (Wildman–Crippen LogP) is 1.91. The van der Waals surface area contributed by atoms with Gasteiger partial charge in [0, 0.05) is 43.5 Å². The second kappa shape index (κ2) is 9.40. The minimum atomic E-state index is 0. The fourth-order valence-electron chi connectivity index (χ4n) is 3.75. The van der Waals surface area contributed by atoms with E-state index in [0.29, 0.717) is 24.9 Å². The van der Waals surface area contributed by atoms with Gasteiger partial charge in [-0.25, -0.2) is 4.79 Å². The standard InChI is InChI=1S/C17H26N4O2S.ClH/c1-18-7-9-21-15-6-8-20(12-13(15)4-5-16(21)22)17(23)19-11-14-3-2-10-24-14;/h2-3,10,13,15,18H,4-9,11-12H2,1H3,(H,19,23);1H/t13-,15+;/m0./s1. The van der Waals surface area contributed by atoms with Crippen LogP contribution >= 0.6 is 23.7 Å². The Kier molecular flexibility index (Phi) is 7.53. The van der Waals surface area contributed by atoms with E-state index in [1.54, 1.807) is 11.3 Å². The zero-order valence-electron chi connectivity index (χ0n) is 14.6. The lowest BCUT2D eigenvalue weighted by molar-refractivity contribution is -0.140. The minimum Gasteiger partial charge on any atom is -0.338 e. The number of amides is 3. The zero-order chi connectivity index (χ0) is 16.9. The summed E-state index contributed by atoms with van der Waals surface area (Å²) < 4.78 is 0. The summed E-state index contributed by atoms with van der Waals surface area (Å²) >= 11 is 1.65. The Morgan fingerprint density at radius 1 is 1.40 bits per heavy atom. The van der Waals surface area contributed by atoms with Crippen LogP contribution in [0.25, 0.3) is 0 Å². The van der Waals surface area contributed by atoms with Gasteiger partial charge in [-0.05, 0) is 37.3 Å². The summed E-state index contributed by atoms with van der Waals surface area (Å²) in [5.74, 6) is 0.669. The maximum absolute atomic E-state index is 12.4. The smallest absolute Gasteiger partial charge is 0.317 e. The summed E-state index contributed by atoms with van der Waals surface area (Å²) in [7, 11) is 1.91. The number of halogens is 1. The quantitative estimate of drug-likeness (QED) is 0.812. The SMILES string of the molecule is CNCCN1C(=O)CC[C@H]2CN(C(=O)NCc3cccs3)CC[C@H]21.Cl. The molecule has 0 bridgehead atoms. The number of nitrogens with zero attached hydrogens (tertiary/aromatic N) is 2. The van der Waals surface area contributed by atoms with Gasteiger partial charge in [-0.2, -0.15) is 0 Å². The van der Waals surface area contributed by atoms with E-state index in [9.17, 15) is 9.59 Å². The van der Waals surface area contributed by atoms with Gasteiger partial charge in [0.2, 0.25) is 5.91 Å². The average Bonchev–Trinajstić information content (AvgIpc) is 3.12. The molecule has 2 fully saturated rings. The number of carbonyl (C=O) groups is 2. The van der Waals surface area contributed by atoms with Gasteiger partial charge in [-0.3, -0.25) is 4.79 Å². The number of hydrogen-bond acceptors (Lipinski definition) is 4. The molecule has 0 radical (unpaired) electrons. The Balaban J connectivity index is 0.00000225. The molecule has 0 spiro atoms. The minimum absolute atomic E-state index is 0. The maximum atomic E-state index is 12.4. The number of fused-ring (bicyclic) bond motifs is 1. The molecule has 2 atom stereocenters. The Labute approximate surface area is 159 Å². The van der Waals surface area contributed by atoms with E-state index in [1.807, 2.05) is 34.4 Å². The van der Waals surface area contributed by atoms with Crippen LogP contribution < -0.4 is 10.6 Å². The molecular formula is C17H27ClN4O2S. The van der Waals surface area contributed by atoms with Crippen molar-refractivity contribution >= 4 is 35.7 Å². The first kappa shape index (κ1) is 20.0. The number of likely N-dealkylation sites (tertiary alicyclic amines) is 2. The van der Waals surface area contributed by atoms with E-state index in [4.69, 9.17) is 0 Å². The second-order valence-corrected chi connectivity index (χ2v) is 7.56. The molecule has 0 aliphatic carbocycles. The number of rotatable bonds is 5. The zero-order valence-corrected chi connectivity index (χ0v) is 16.2. The summed E-state index contributed by atoms with van der Waals surface area (Å²) in [6.07, 6.45) is 2.39. The van der Waals surface area contributed by atoms with E-state index in [-0.39, 0.29) is 24.3 Å². The van der Waals surface area contributed by atoms with Crippen LogP contribution in [0.2, 0.25) is 0 Å². The van der Waals surface area contributed by atoms with Crippen LogP contribution in [0.1, 0.15) is 24.1 Å². The van der Waals surface area contributed by atoms with Gasteiger partial charge >= 0.3 is 6.03 Å². The lowest BCUT2D eigenvalue weighted by Gasteiger charge is -2.47. The predicted molar refractivity (Wildman–Crippen MR) is 102 cm³/mol. The van der Waals surface area contributed by atoms with Crippen molar-refractivity contribution in [2.24, 2.45) is 5.92 Å². The number of piperidine rings is 2. The molecule has 0 aromatic carbocycles. The van der Waals surface area contributed by atoms with Crippen LogP contribution in [0.15, 0.2) is 17.5 Å². The lowest BCUT2D eigenvalue weighted by atomic mass is 9.83. The van der Waals surface area contributed by atoms with Gasteiger partial charge in [-0.15, -0.1) is 23.7 Å². The molecule has 0 unspecified atom stereocenters. The molecule has 6 nitrogen and oxygen atoms in total. The highest BCUT2D eigenvalue weighted by Crippen LogP contribution is 2.31. The van der Waals surface area contributed by atoms with E-state index in [1.165, 1.54) is 4.88 Å². The molecule has 0 saturated carbocycles. The molecule has 2 aliphatic heterocycles. The Bertz CT molecular complexity index is 569. The number of nitrogens with one attached hydrogen (secondary N) is 2. The summed E-state index contributed by atoms with van der Waals surface area (Å²) in [5, 5.41) is 8.15. The van der Waals surface area contributed by atoms with Crippen LogP contribution in [0.3, 0.4) is 0 Å². The third-order valence-corrected chi connectivity index (χ3v) is 5.90. The molecule has 2 saturated heterocycles. The molecule has 8 heteroatoms. The Morgan fingerprint density at radius 2 is 2.24 bits per heavy atom. The Morgan fingerprint density at radius 3 is 2.96 bits per heavy atom. The molecule has 3 amide bonds. The number of hydrogen-bond donors (Lipinski definition) is 2. The van der Waals surface area contributed by atoms with Gasteiger partial charge in [-0.1, -0.05) is 6.07 Å². The molecule has 1 aromatic heterocycles. The highest BCUT2D eigenvalue weighted by atomic mass is 35.5. The highest BCUT2D eigenvalue weighted by molar-refractivity contribution is 7.09. The summed E-state index contributed by atoms with van der Waals surface area (Å²) in [6, 6.07) is 4.33. The van der Waals surface area contributed by atoms with Crippen LogP contribution in [0.5, 0.6) is 0 Å². The molecule has 3 rings (SSSR count). The molecule has 140 valence electrons. The van der Waals surface area contributed by atoms with Gasteiger partial charge in [0.05, 0.1) is 6.54 Å². The van der Waals surface area contributed by atoms with Gasteiger partial charge < -0.3 is 20.4 Å². The first-order valence-electron chi connectivity index (χ1n) is 8.68. The van der Waals surface area contributed by atoms with E-state index in [2.05, 4.69) is 10.6 Å². The van der Waals surface area contributed by atoms with E-state index < -0.39 is 0 Å². The van der Waals surface area contributed by atoms with Crippen LogP contribution in [0, 0.1) is 5.92 Å². The van der Waals surface area contributed by atoms with Crippen LogP contribution in [-0.2, 0) is 11.3 Å². The van der Waals surface area contributed by atoms with E-state index in [0.717, 1.165) is 39.0 Å². The number of carbonyl (C=O) groups excluding carboxylic acids is 2. The molecule has 1 aromatic rings. The largest absolute Gasteiger partial charge is 0.338 e. The van der Waals surface area contributed by atoms with Crippen molar-refractivity contribution in [2.45, 2.75) is 31.8 Å². The molecule has 2 N–H and O–H groups in total. The van der Waals surface area contributed by atoms with Crippen molar-refractivity contribution in [1.82, 2.24) is 20.4 Å². The van der Waals surface area contributed by atoms with Crippen LogP contribution in [-0.4, -0.2) is 61.0 Å². The maximum Gasteiger partial charge on any atom is 0.317 e. The molecular weight excluding hydrogens is 360 g/mol. The average molecular weight is 387 g/mol. The monoisotopic (exact) mass is 386 g/mol. The van der Waals surface area contributed by atoms with Crippen LogP contribution in [0.4, 0.5) is 4.79 Å². The third-order valence-electron chi connectivity index (χ3n) is 5.03. The van der Waals surface area contributed by atoms with Crippen molar-refractivity contribution in [3.63, 3.8) is 0 Å². The number of likely N-dealkylation sites (N-methyl/N-ethyl adjacent to an activating group) is 1. The highest BCUT2D eigenvalue weighted by Gasteiger charge is 2.39. The topological polar surface area (TPSA) is 64.7 Å².